The third kappa shape index (κ3) is 5.80. The highest BCUT2D eigenvalue weighted by atomic mass is 35.5. The highest BCUT2D eigenvalue weighted by molar-refractivity contribution is 6.31. The molecule has 3 aromatic rings. The van der Waals surface area contributed by atoms with E-state index in [-0.39, 0.29) is 0 Å². The van der Waals surface area contributed by atoms with Crippen molar-refractivity contribution in [1.82, 2.24) is 0 Å². The lowest BCUT2D eigenvalue weighted by Gasteiger charge is -2.18. The molecule has 0 heterocycles. The van der Waals surface area contributed by atoms with E-state index in [1.165, 1.54) is 0 Å². The molecule has 156 valence electrons. The normalized spacial score (nSPS) is 10.5. The minimum Gasteiger partial charge on any atom is -0.490 e. The van der Waals surface area contributed by atoms with Gasteiger partial charge < -0.3 is 14.8 Å². The molecule has 0 unspecified atom stereocenters. The van der Waals surface area contributed by atoms with Crippen LogP contribution in [0.1, 0.15) is 29.2 Å². The molecule has 0 saturated heterocycles. The number of benzene rings is 3. The van der Waals surface area contributed by atoms with Gasteiger partial charge in [-0.3, -0.25) is 0 Å². The van der Waals surface area contributed by atoms with Crippen molar-refractivity contribution in [3.8, 4) is 11.5 Å². The number of hydrogen-bond donors (Lipinski definition) is 1. The summed E-state index contributed by atoms with van der Waals surface area (Å²) in [5.41, 5.74) is 5.34. The van der Waals surface area contributed by atoms with Crippen molar-refractivity contribution in [2.45, 2.75) is 33.4 Å². The Labute approximate surface area is 184 Å². The molecule has 0 aliphatic carbocycles. The van der Waals surface area contributed by atoms with Crippen LogP contribution in [0, 0.1) is 6.92 Å². The molecular formula is C26H28ClNO2. The number of nitrogens with one attached hydrogen (secondary N) is 1. The monoisotopic (exact) mass is 421 g/mol. The zero-order valence-corrected chi connectivity index (χ0v) is 18.3. The first-order chi connectivity index (χ1) is 14.6. The molecule has 1 N–H and O–H groups in total. The lowest BCUT2D eigenvalue weighted by molar-refractivity contribution is 0.267. The summed E-state index contributed by atoms with van der Waals surface area (Å²) in [6, 6.07) is 20.3. The van der Waals surface area contributed by atoms with E-state index in [1.807, 2.05) is 62.4 Å². The van der Waals surface area contributed by atoms with Crippen molar-refractivity contribution in [2.24, 2.45) is 0 Å². The summed E-state index contributed by atoms with van der Waals surface area (Å²) in [5.74, 6) is 1.54. The molecular weight excluding hydrogens is 394 g/mol. The van der Waals surface area contributed by atoms with Crippen molar-refractivity contribution >= 4 is 17.3 Å². The maximum absolute atomic E-state index is 6.25. The van der Waals surface area contributed by atoms with Gasteiger partial charge in [-0.2, -0.15) is 0 Å². The van der Waals surface area contributed by atoms with Gasteiger partial charge in [0.25, 0.3) is 0 Å². The summed E-state index contributed by atoms with van der Waals surface area (Å²) in [6.07, 6.45) is 2.59. The Morgan fingerprint density at radius 3 is 2.50 bits per heavy atom. The molecule has 4 heteroatoms. The topological polar surface area (TPSA) is 30.5 Å². The Morgan fingerprint density at radius 1 is 1.00 bits per heavy atom. The quantitative estimate of drug-likeness (QED) is 0.358. The molecule has 0 atom stereocenters. The van der Waals surface area contributed by atoms with Gasteiger partial charge in [-0.25, -0.2) is 0 Å². The van der Waals surface area contributed by atoms with Crippen LogP contribution in [0.5, 0.6) is 11.5 Å². The summed E-state index contributed by atoms with van der Waals surface area (Å²) >= 11 is 6.25. The molecule has 0 aromatic heterocycles. The second kappa shape index (κ2) is 10.7. The molecule has 0 fully saturated rings. The lowest BCUT2D eigenvalue weighted by atomic mass is 10.0. The van der Waals surface area contributed by atoms with Crippen LogP contribution in [-0.4, -0.2) is 6.61 Å². The lowest BCUT2D eigenvalue weighted by Crippen LogP contribution is -2.06. The van der Waals surface area contributed by atoms with E-state index in [1.54, 1.807) is 0 Å². The fourth-order valence-electron chi connectivity index (χ4n) is 3.20. The molecule has 3 rings (SSSR count). The number of ether oxygens (including phenoxy) is 2. The van der Waals surface area contributed by atoms with E-state index in [0.717, 1.165) is 44.5 Å². The molecule has 0 amide bonds. The van der Waals surface area contributed by atoms with Crippen LogP contribution in [0.2, 0.25) is 5.02 Å². The maximum atomic E-state index is 6.25. The van der Waals surface area contributed by atoms with Gasteiger partial charge in [0.2, 0.25) is 0 Å². The Balaban J connectivity index is 1.83. The van der Waals surface area contributed by atoms with E-state index in [0.29, 0.717) is 26.2 Å². The van der Waals surface area contributed by atoms with Crippen LogP contribution in [0.3, 0.4) is 0 Å². The molecule has 3 aromatic carbocycles. The average Bonchev–Trinajstić information content (AvgIpc) is 2.75. The van der Waals surface area contributed by atoms with Crippen LogP contribution in [-0.2, 0) is 19.6 Å². The summed E-state index contributed by atoms with van der Waals surface area (Å²) in [4.78, 5) is 0. The fraction of sp³-hybridized carbons (Fsp3) is 0.231. The number of halogens is 1. The second-order valence-electron chi connectivity index (χ2n) is 7.10. The molecule has 0 aliphatic rings. The van der Waals surface area contributed by atoms with Crippen molar-refractivity contribution in [1.29, 1.82) is 0 Å². The van der Waals surface area contributed by atoms with E-state index in [2.05, 4.69) is 30.1 Å². The van der Waals surface area contributed by atoms with Crippen LogP contribution in [0.25, 0.3) is 0 Å². The molecule has 0 spiro atoms. The largest absolute Gasteiger partial charge is 0.490 e. The van der Waals surface area contributed by atoms with Crippen molar-refractivity contribution < 1.29 is 9.47 Å². The van der Waals surface area contributed by atoms with Crippen LogP contribution >= 0.6 is 11.6 Å². The van der Waals surface area contributed by atoms with Crippen molar-refractivity contribution in [3.63, 3.8) is 0 Å². The predicted octanol–water partition coefficient (Wildman–Crippen LogP) is 6.97. The highest BCUT2D eigenvalue weighted by Gasteiger charge is 2.14. The van der Waals surface area contributed by atoms with E-state index in [9.17, 15) is 0 Å². The van der Waals surface area contributed by atoms with E-state index >= 15 is 0 Å². The molecule has 30 heavy (non-hydrogen) atoms. The fourth-order valence-corrected chi connectivity index (χ4v) is 3.38. The number of rotatable bonds is 10. The van der Waals surface area contributed by atoms with E-state index < -0.39 is 0 Å². The van der Waals surface area contributed by atoms with Gasteiger partial charge in [-0.1, -0.05) is 54.1 Å². The minimum absolute atomic E-state index is 0.491. The predicted molar refractivity (Wildman–Crippen MR) is 126 cm³/mol. The first-order valence-corrected chi connectivity index (χ1v) is 10.5. The molecule has 0 bridgehead atoms. The molecule has 3 nitrogen and oxygen atoms in total. The van der Waals surface area contributed by atoms with Gasteiger partial charge in [-0.05, 0) is 61.2 Å². The first-order valence-electron chi connectivity index (χ1n) is 10.2. The Kier molecular flexibility index (Phi) is 7.81. The zero-order chi connectivity index (χ0) is 21.3. The maximum Gasteiger partial charge on any atom is 0.165 e. The summed E-state index contributed by atoms with van der Waals surface area (Å²) in [5, 5.41) is 4.19. The Bertz CT molecular complexity index is 986. The van der Waals surface area contributed by atoms with Gasteiger partial charge in [-0.15, -0.1) is 6.58 Å². The summed E-state index contributed by atoms with van der Waals surface area (Å²) in [7, 11) is 0. The van der Waals surface area contributed by atoms with E-state index in [4.69, 9.17) is 21.1 Å². The van der Waals surface area contributed by atoms with Crippen molar-refractivity contribution in [3.05, 3.63) is 101 Å². The van der Waals surface area contributed by atoms with Crippen molar-refractivity contribution in [2.75, 3.05) is 11.9 Å². The van der Waals surface area contributed by atoms with Crippen LogP contribution in [0.15, 0.2) is 73.3 Å². The Hall–Kier alpha value is -2.91. The molecule has 0 saturated carbocycles. The van der Waals surface area contributed by atoms with Gasteiger partial charge in [0.15, 0.2) is 11.5 Å². The number of aryl methyl sites for hydroxylation is 1. The third-order valence-electron chi connectivity index (χ3n) is 4.75. The second-order valence-corrected chi connectivity index (χ2v) is 7.51. The minimum atomic E-state index is 0.491. The number of hydrogen-bond acceptors (Lipinski definition) is 3. The summed E-state index contributed by atoms with van der Waals surface area (Å²) < 4.78 is 12.1. The van der Waals surface area contributed by atoms with Crippen LogP contribution in [0.4, 0.5) is 5.69 Å². The van der Waals surface area contributed by atoms with Gasteiger partial charge in [0, 0.05) is 22.8 Å². The highest BCUT2D eigenvalue weighted by Crippen LogP contribution is 2.35. The first kappa shape index (κ1) is 21.8. The van der Waals surface area contributed by atoms with Gasteiger partial charge in [0.1, 0.15) is 6.61 Å². The molecule has 0 radical (unpaired) electrons. The molecule has 0 aliphatic heterocycles. The number of anilines is 1. The standard InChI is InChI=1S/C26H28ClNO2/c1-4-9-22-14-21(17-28-23-13-12-19(3)24(27)16-23)15-25(29-5-2)26(22)30-18-20-10-7-6-8-11-20/h4,6-8,10-16,28H,1,5,9,17-18H2,2-3H3. The van der Waals surface area contributed by atoms with Crippen LogP contribution < -0.4 is 14.8 Å². The Morgan fingerprint density at radius 2 is 1.80 bits per heavy atom. The SMILES string of the molecule is C=CCc1cc(CNc2ccc(C)c(Cl)c2)cc(OCC)c1OCc1ccccc1. The third-order valence-corrected chi connectivity index (χ3v) is 5.16. The van der Waals surface area contributed by atoms with Gasteiger partial charge >= 0.3 is 0 Å². The smallest absolute Gasteiger partial charge is 0.165 e. The average molecular weight is 422 g/mol. The number of allylic oxidation sites excluding steroid dienone is 1. The summed E-state index contributed by atoms with van der Waals surface area (Å²) in [6.45, 7) is 9.60. The van der Waals surface area contributed by atoms with Gasteiger partial charge in [0.05, 0.1) is 6.61 Å². The zero-order valence-electron chi connectivity index (χ0n) is 17.6.